The first-order valence-corrected chi connectivity index (χ1v) is 9.09. The number of carbonyl (C=O) groups is 2. The van der Waals surface area contributed by atoms with Crippen LogP contribution in [0, 0.1) is 0 Å². The molecule has 0 heterocycles. The van der Waals surface area contributed by atoms with Crippen LogP contribution in [-0.4, -0.2) is 23.9 Å². The quantitative estimate of drug-likeness (QED) is 0.748. The van der Waals surface area contributed by atoms with Crippen LogP contribution in [0.15, 0.2) is 54.6 Å². The number of amides is 2. The van der Waals surface area contributed by atoms with Gasteiger partial charge in [-0.1, -0.05) is 43.2 Å². The molecule has 0 atom stereocenters. The lowest BCUT2D eigenvalue weighted by atomic mass is 9.98. The highest BCUT2D eigenvalue weighted by Gasteiger charge is 2.36. The molecular formula is C21H25N3O2. The molecule has 26 heavy (non-hydrogen) atoms. The van der Waals surface area contributed by atoms with E-state index in [0.29, 0.717) is 17.8 Å². The van der Waals surface area contributed by atoms with Crippen molar-refractivity contribution in [1.29, 1.82) is 0 Å². The van der Waals surface area contributed by atoms with Crippen molar-refractivity contribution in [3.05, 3.63) is 65.7 Å². The van der Waals surface area contributed by atoms with Gasteiger partial charge in [-0.05, 0) is 49.1 Å². The highest BCUT2D eigenvalue weighted by atomic mass is 16.2. The van der Waals surface area contributed by atoms with Crippen LogP contribution in [0.4, 0.5) is 5.69 Å². The smallest absolute Gasteiger partial charge is 0.251 e. The van der Waals surface area contributed by atoms with Gasteiger partial charge in [0.2, 0.25) is 5.91 Å². The van der Waals surface area contributed by atoms with E-state index in [4.69, 9.17) is 5.73 Å². The molecule has 0 saturated heterocycles. The van der Waals surface area contributed by atoms with E-state index in [0.717, 1.165) is 32.1 Å². The minimum absolute atomic E-state index is 0.120. The van der Waals surface area contributed by atoms with Crippen LogP contribution in [0.5, 0.6) is 0 Å². The second-order valence-corrected chi connectivity index (χ2v) is 6.89. The first-order valence-electron chi connectivity index (χ1n) is 9.09. The van der Waals surface area contributed by atoms with Gasteiger partial charge in [-0.15, -0.1) is 0 Å². The zero-order valence-electron chi connectivity index (χ0n) is 14.8. The Hall–Kier alpha value is -2.66. The number of nitrogens with one attached hydrogen (secondary N) is 2. The van der Waals surface area contributed by atoms with Crippen molar-refractivity contribution in [2.75, 3.05) is 11.9 Å². The number of hydrogen-bond acceptors (Lipinski definition) is 3. The molecule has 0 bridgehead atoms. The van der Waals surface area contributed by atoms with E-state index < -0.39 is 5.54 Å². The summed E-state index contributed by atoms with van der Waals surface area (Å²) in [6, 6.07) is 16.9. The SMILES string of the molecule is NC1(C(=O)Nc2ccc(C(=O)NCCc3ccccc3)cc2)CCCC1. The second-order valence-electron chi connectivity index (χ2n) is 6.89. The summed E-state index contributed by atoms with van der Waals surface area (Å²) in [5.74, 6) is -0.264. The maximum absolute atomic E-state index is 12.3. The molecule has 2 aromatic carbocycles. The van der Waals surface area contributed by atoms with E-state index in [2.05, 4.69) is 10.6 Å². The lowest BCUT2D eigenvalue weighted by Crippen LogP contribution is -2.48. The van der Waals surface area contributed by atoms with Gasteiger partial charge in [-0.2, -0.15) is 0 Å². The van der Waals surface area contributed by atoms with Crippen molar-refractivity contribution in [3.63, 3.8) is 0 Å². The van der Waals surface area contributed by atoms with Crippen molar-refractivity contribution in [2.45, 2.75) is 37.6 Å². The topological polar surface area (TPSA) is 84.2 Å². The van der Waals surface area contributed by atoms with Crippen molar-refractivity contribution in [2.24, 2.45) is 5.73 Å². The fourth-order valence-electron chi connectivity index (χ4n) is 3.26. The molecule has 0 aliphatic heterocycles. The Morgan fingerprint density at radius 2 is 1.62 bits per heavy atom. The van der Waals surface area contributed by atoms with Gasteiger partial charge in [-0.3, -0.25) is 9.59 Å². The maximum Gasteiger partial charge on any atom is 0.251 e. The molecule has 0 unspecified atom stereocenters. The zero-order valence-corrected chi connectivity index (χ0v) is 14.8. The third-order valence-electron chi connectivity index (χ3n) is 4.90. The van der Waals surface area contributed by atoms with Crippen molar-refractivity contribution in [1.82, 2.24) is 5.32 Å². The van der Waals surface area contributed by atoms with Crippen molar-refractivity contribution < 1.29 is 9.59 Å². The summed E-state index contributed by atoms with van der Waals surface area (Å²) in [4.78, 5) is 24.5. The van der Waals surface area contributed by atoms with Crippen LogP contribution in [-0.2, 0) is 11.2 Å². The van der Waals surface area contributed by atoms with Crippen LogP contribution < -0.4 is 16.4 Å². The highest BCUT2D eigenvalue weighted by molar-refractivity contribution is 5.99. The van der Waals surface area contributed by atoms with Gasteiger partial charge >= 0.3 is 0 Å². The van der Waals surface area contributed by atoms with Gasteiger partial charge in [0, 0.05) is 17.8 Å². The van der Waals surface area contributed by atoms with Crippen LogP contribution in [0.2, 0.25) is 0 Å². The number of carbonyl (C=O) groups excluding carboxylic acids is 2. The van der Waals surface area contributed by atoms with E-state index >= 15 is 0 Å². The molecule has 136 valence electrons. The summed E-state index contributed by atoms with van der Waals surface area (Å²) < 4.78 is 0. The monoisotopic (exact) mass is 351 g/mol. The van der Waals surface area contributed by atoms with Crippen molar-refractivity contribution in [3.8, 4) is 0 Å². The summed E-state index contributed by atoms with van der Waals surface area (Å²) in [5.41, 5.74) is 7.82. The first-order chi connectivity index (χ1) is 12.6. The normalized spacial score (nSPS) is 15.4. The lowest BCUT2D eigenvalue weighted by molar-refractivity contribution is -0.121. The Kier molecular flexibility index (Phi) is 5.68. The third kappa shape index (κ3) is 4.49. The average molecular weight is 351 g/mol. The number of hydrogen-bond donors (Lipinski definition) is 3. The molecule has 1 aliphatic rings. The molecule has 4 N–H and O–H groups in total. The molecule has 1 aliphatic carbocycles. The summed E-state index contributed by atoms with van der Waals surface area (Å²) in [6.07, 6.45) is 4.22. The molecule has 3 rings (SSSR count). The molecule has 1 saturated carbocycles. The van der Waals surface area contributed by atoms with Crippen LogP contribution in [0.1, 0.15) is 41.6 Å². The van der Waals surface area contributed by atoms with Crippen LogP contribution in [0.25, 0.3) is 0 Å². The molecule has 0 spiro atoms. The number of rotatable bonds is 6. The van der Waals surface area contributed by atoms with Gasteiger partial charge in [-0.25, -0.2) is 0 Å². The summed E-state index contributed by atoms with van der Waals surface area (Å²) in [7, 11) is 0. The fourth-order valence-corrected chi connectivity index (χ4v) is 3.26. The lowest BCUT2D eigenvalue weighted by Gasteiger charge is -2.22. The Morgan fingerprint density at radius 3 is 2.27 bits per heavy atom. The van der Waals surface area contributed by atoms with Crippen LogP contribution >= 0.6 is 0 Å². The second kappa shape index (κ2) is 8.15. The number of anilines is 1. The van der Waals surface area contributed by atoms with Gasteiger partial charge < -0.3 is 16.4 Å². The molecule has 1 fully saturated rings. The molecular weight excluding hydrogens is 326 g/mol. The van der Waals surface area contributed by atoms with Crippen LogP contribution in [0.3, 0.4) is 0 Å². The standard InChI is InChI=1S/C21H25N3O2/c22-21(13-4-5-14-21)20(26)24-18-10-8-17(9-11-18)19(25)23-15-12-16-6-2-1-3-7-16/h1-3,6-11H,4-5,12-15,22H2,(H,23,25)(H,24,26). The van der Waals surface area contributed by atoms with E-state index in [1.807, 2.05) is 30.3 Å². The van der Waals surface area contributed by atoms with E-state index in [9.17, 15) is 9.59 Å². The largest absolute Gasteiger partial charge is 0.352 e. The highest BCUT2D eigenvalue weighted by Crippen LogP contribution is 2.28. The Bertz CT molecular complexity index is 751. The molecule has 5 heteroatoms. The summed E-state index contributed by atoms with van der Waals surface area (Å²) in [5, 5.41) is 5.77. The molecule has 5 nitrogen and oxygen atoms in total. The van der Waals surface area contributed by atoms with Gasteiger partial charge in [0.15, 0.2) is 0 Å². The minimum atomic E-state index is -0.756. The van der Waals surface area contributed by atoms with E-state index in [1.165, 1.54) is 5.56 Å². The Morgan fingerprint density at radius 1 is 0.962 bits per heavy atom. The number of benzene rings is 2. The predicted molar refractivity (Wildman–Crippen MR) is 103 cm³/mol. The summed E-state index contributed by atoms with van der Waals surface area (Å²) >= 11 is 0. The zero-order chi connectivity index (χ0) is 18.4. The van der Waals surface area contributed by atoms with Gasteiger partial charge in [0.25, 0.3) is 5.91 Å². The fraction of sp³-hybridized carbons (Fsp3) is 0.333. The molecule has 2 aromatic rings. The van der Waals surface area contributed by atoms with Gasteiger partial charge in [0.1, 0.15) is 0 Å². The first kappa shape index (κ1) is 18.1. The predicted octanol–water partition coefficient (Wildman–Crippen LogP) is 2.87. The molecule has 0 radical (unpaired) electrons. The number of nitrogens with two attached hydrogens (primary N) is 1. The maximum atomic E-state index is 12.3. The van der Waals surface area contributed by atoms with E-state index in [-0.39, 0.29) is 11.8 Å². The third-order valence-corrected chi connectivity index (χ3v) is 4.90. The van der Waals surface area contributed by atoms with Crippen molar-refractivity contribution >= 4 is 17.5 Å². The van der Waals surface area contributed by atoms with Gasteiger partial charge in [0.05, 0.1) is 5.54 Å². The summed E-state index contributed by atoms with van der Waals surface area (Å²) in [6.45, 7) is 0.580. The average Bonchev–Trinajstić information content (AvgIpc) is 3.11. The molecule has 2 amide bonds. The Labute approximate surface area is 154 Å². The minimum Gasteiger partial charge on any atom is -0.352 e. The Balaban J connectivity index is 1.50. The van der Waals surface area contributed by atoms with E-state index in [1.54, 1.807) is 24.3 Å². The molecule has 0 aromatic heterocycles.